The zero-order chi connectivity index (χ0) is 14.8. The second-order valence-electron chi connectivity index (χ2n) is 5.70. The molecule has 1 amide bonds. The van der Waals surface area contributed by atoms with Crippen LogP contribution in [0.25, 0.3) is 0 Å². The zero-order valence-electron chi connectivity index (χ0n) is 12.6. The molecule has 1 aromatic rings. The van der Waals surface area contributed by atoms with Gasteiger partial charge in [-0.2, -0.15) is 0 Å². The highest BCUT2D eigenvalue weighted by Gasteiger charge is 2.38. The van der Waals surface area contributed by atoms with E-state index in [2.05, 4.69) is 15.3 Å². The van der Waals surface area contributed by atoms with Crippen LogP contribution in [0.5, 0.6) is 0 Å². The minimum absolute atomic E-state index is 0.106. The Morgan fingerprint density at radius 1 is 1.33 bits per heavy atom. The van der Waals surface area contributed by atoms with E-state index in [0.29, 0.717) is 13.2 Å². The summed E-state index contributed by atoms with van der Waals surface area (Å²) in [5, 5.41) is 3.05. The van der Waals surface area contributed by atoms with Gasteiger partial charge in [0.25, 0.3) is 0 Å². The van der Waals surface area contributed by atoms with Crippen LogP contribution in [-0.2, 0) is 9.53 Å². The van der Waals surface area contributed by atoms with Gasteiger partial charge >= 0.3 is 0 Å². The van der Waals surface area contributed by atoms with Crippen LogP contribution < -0.4 is 5.32 Å². The molecule has 1 aromatic heterocycles. The van der Waals surface area contributed by atoms with E-state index >= 15 is 0 Å². The van der Waals surface area contributed by atoms with Crippen molar-refractivity contribution in [1.29, 1.82) is 0 Å². The molecule has 2 aliphatic rings. The highest BCUT2D eigenvalue weighted by Crippen LogP contribution is 2.35. The van der Waals surface area contributed by atoms with Gasteiger partial charge in [0.1, 0.15) is 11.6 Å². The standard InChI is InChI=1S/C15H22N4O2/c1-10-17-12(9-14(16-2)18-10)13-3-6-19(13)15(20)11-4-7-21-8-5-11/h9,11,13H,3-8H2,1-2H3,(H,16,17,18)/t13-/m1/s1. The van der Waals surface area contributed by atoms with Crippen molar-refractivity contribution in [3.8, 4) is 0 Å². The second kappa shape index (κ2) is 5.97. The summed E-state index contributed by atoms with van der Waals surface area (Å²) in [5.74, 6) is 1.93. The number of hydrogen-bond donors (Lipinski definition) is 1. The summed E-state index contributed by atoms with van der Waals surface area (Å²) in [6.07, 6.45) is 2.66. The molecule has 0 unspecified atom stereocenters. The first-order chi connectivity index (χ1) is 10.2. The minimum Gasteiger partial charge on any atom is -0.381 e. The Morgan fingerprint density at radius 3 is 2.71 bits per heavy atom. The van der Waals surface area contributed by atoms with Crippen molar-refractivity contribution in [3.63, 3.8) is 0 Å². The third-order valence-corrected chi connectivity index (χ3v) is 4.33. The fourth-order valence-corrected chi connectivity index (χ4v) is 3.03. The minimum atomic E-state index is 0.106. The summed E-state index contributed by atoms with van der Waals surface area (Å²) in [7, 11) is 1.84. The van der Waals surface area contributed by atoms with E-state index in [1.54, 1.807) is 0 Å². The molecular weight excluding hydrogens is 268 g/mol. The number of nitrogens with zero attached hydrogens (tertiary/aromatic N) is 3. The number of rotatable bonds is 3. The molecule has 6 heteroatoms. The molecule has 0 aliphatic carbocycles. The molecule has 3 heterocycles. The molecule has 1 atom stereocenters. The molecule has 3 rings (SSSR count). The number of anilines is 1. The van der Waals surface area contributed by atoms with Crippen LogP contribution in [0.4, 0.5) is 5.82 Å². The predicted molar refractivity (Wildman–Crippen MR) is 78.9 cm³/mol. The molecule has 0 saturated carbocycles. The summed E-state index contributed by atoms with van der Waals surface area (Å²) in [5.41, 5.74) is 0.943. The summed E-state index contributed by atoms with van der Waals surface area (Å²) in [6, 6.07) is 2.05. The van der Waals surface area contributed by atoms with Crippen molar-refractivity contribution in [1.82, 2.24) is 14.9 Å². The first-order valence-electron chi connectivity index (χ1n) is 7.60. The number of carbonyl (C=O) groups excluding carboxylic acids is 1. The molecule has 6 nitrogen and oxygen atoms in total. The maximum Gasteiger partial charge on any atom is 0.226 e. The number of aromatic nitrogens is 2. The zero-order valence-corrected chi connectivity index (χ0v) is 12.6. The van der Waals surface area contributed by atoms with E-state index in [4.69, 9.17) is 4.74 Å². The van der Waals surface area contributed by atoms with Crippen LogP contribution >= 0.6 is 0 Å². The molecule has 114 valence electrons. The average Bonchev–Trinajstić information content (AvgIpc) is 2.46. The number of amides is 1. The lowest BCUT2D eigenvalue weighted by atomic mass is 9.92. The number of hydrogen-bond acceptors (Lipinski definition) is 5. The van der Waals surface area contributed by atoms with E-state index in [9.17, 15) is 4.79 Å². The van der Waals surface area contributed by atoms with Crippen LogP contribution in [0.2, 0.25) is 0 Å². The Kier molecular flexibility index (Phi) is 4.05. The Hall–Kier alpha value is -1.69. The lowest BCUT2D eigenvalue weighted by Crippen LogP contribution is -2.49. The summed E-state index contributed by atoms with van der Waals surface area (Å²) >= 11 is 0. The van der Waals surface area contributed by atoms with E-state index in [1.807, 2.05) is 24.9 Å². The fourth-order valence-electron chi connectivity index (χ4n) is 3.03. The predicted octanol–water partition coefficient (Wildman–Crippen LogP) is 1.53. The van der Waals surface area contributed by atoms with Gasteiger partial charge in [-0.05, 0) is 26.2 Å². The highest BCUT2D eigenvalue weighted by molar-refractivity contribution is 5.80. The lowest BCUT2D eigenvalue weighted by Gasteiger charge is -2.43. The van der Waals surface area contributed by atoms with E-state index in [0.717, 1.165) is 43.1 Å². The van der Waals surface area contributed by atoms with Crippen molar-refractivity contribution in [2.75, 3.05) is 32.1 Å². The maximum atomic E-state index is 12.6. The van der Waals surface area contributed by atoms with Crippen molar-refractivity contribution < 1.29 is 9.53 Å². The molecule has 21 heavy (non-hydrogen) atoms. The Morgan fingerprint density at radius 2 is 2.10 bits per heavy atom. The molecule has 2 aliphatic heterocycles. The average molecular weight is 290 g/mol. The van der Waals surface area contributed by atoms with Gasteiger partial charge in [0.15, 0.2) is 0 Å². The smallest absolute Gasteiger partial charge is 0.226 e. The number of ether oxygens (including phenoxy) is 1. The number of nitrogens with one attached hydrogen (secondary N) is 1. The Balaban J connectivity index is 1.74. The lowest BCUT2D eigenvalue weighted by molar-refractivity contribution is -0.146. The number of carbonyl (C=O) groups is 1. The third kappa shape index (κ3) is 2.85. The molecule has 2 saturated heterocycles. The number of likely N-dealkylation sites (tertiary alicyclic amines) is 1. The van der Waals surface area contributed by atoms with Crippen LogP contribution in [0, 0.1) is 12.8 Å². The molecule has 2 fully saturated rings. The van der Waals surface area contributed by atoms with Crippen molar-refractivity contribution >= 4 is 11.7 Å². The van der Waals surface area contributed by atoms with E-state index in [1.165, 1.54) is 0 Å². The van der Waals surface area contributed by atoms with Gasteiger partial charge < -0.3 is 15.0 Å². The van der Waals surface area contributed by atoms with E-state index < -0.39 is 0 Å². The van der Waals surface area contributed by atoms with Crippen LogP contribution in [0.3, 0.4) is 0 Å². The van der Waals surface area contributed by atoms with Crippen molar-refractivity contribution in [3.05, 3.63) is 17.6 Å². The summed E-state index contributed by atoms with van der Waals surface area (Å²) in [6.45, 7) is 4.11. The number of aryl methyl sites for hydroxylation is 1. The quantitative estimate of drug-likeness (QED) is 0.914. The van der Waals surface area contributed by atoms with Crippen LogP contribution in [0.1, 0.15) is 36.8 Å². The van der Waals surface area contributed by atoms with Gasteiger partial charge in [-0.3, -0.25) is 4.79 Å². The van der Waals surface area contributed by atoms with Crippen molar-refractivity contribution in [2.24, 2.45) is 5.92 Å². The molecule has 0 aromatic carbocycles. The Bertz CT molecular complexity index is 528. The summed E-state index contributed by atoms with van der Waals surface area (Å²) < 4.78 is 5.34. The van der Waals surface area contributed by atoms with E-state index in [-0.39, 0.29) is 17.9 Å². The van der Waals surface area contributed by atoms with Crippen LogP contribution in [0.15, 0.2) is 6.07 Å². The topological polar surface area (TPSA) is 67.4 Å². The van der Waals surface area contributed by atoms with Crippen molar-refractivity contribution in [2.45, 2.75) is 32.2 Å². The van der Waals surface area contributed by atoms with Gasteiger partial charge in [-0.1, -0.05) is 0 Å². The first-order valence-corrected chi connectivity index (χ1v) is 7.60. The molecule has 1 N–H and O–H groups in total. The van der Waals surface area contributed by atoms with Gasteiger partial charge in [-0.25, -0.2) is 9.97 Å². The first kappa shape index (κ1) is 14.3. The largest absolute Gasteiger partial charge is 0.381 e. The normalized spacial score (nSPS) is 22.8. The van der Waals surface area contributed by atoms with Crippen LogP contribution in [-0.4, -0.2) is 47.6 Å². The highest BCUT2D eigenvalue weighted by atomic mass is 16.5. The maximum absolute atomic E-state index is 12.6. The fraction of sp³-hybridized carbons (Fsp3) is 0.667. The summed E-state index contributed by atoms with van der Waals surface area (Å²) in [4.78, 5) is 23.4. The second-order valence-corrected chi connectivity index (χ2v) is 5.70. The van der Waals surface area contributed by atoms with Gasteiger partial charge in [0.05, 0.1) is 11.7 Å². The molecule has 0 bridgehead atoms. The molecule has 0 radical (unpaired) electrons. The third-order valence-electron chi connectivity index (χ3n) is 4.33. The van der Waals surface area contributed by atoms with Gasteiger partial charge in [0.2, 0.25) is 5.91 Å². The van der Waals surface area contributed by atoms with Gasteiger partial charge in [0, 0.05) is 38.8 Å². The SMILES string of the molecule is CNc1cc([C@H]2CCN2C(=O)C2CCOCC2)nc(C)n1. The Labute approximate surface area is 124 Å². The molecule has 0 spiro atoms. The molecular formula is C15H22N4O2. The monoisotopic (exact) mass is 290 g/mol. The van der Waals surface area contributed by atoms with Gasteiger partial charge in [-0.15, -0.1) is 0 Å².